The molecular weight excluding hydrogens is 499 g/mol. The van der Waals surface area contributed by atoms with Gasteiger partial charge in [-0.05, 0) is 50.1 Å². The molecule has 2 aromatic rings. The Morgan fingerprint density at radius 2 is 2.00 bits per heavy atom. The van der Waals surface area contributed by atoms with Crippen molar-refractivity contribution in [2.75, 3.05) is 26.1 Å². The van der Waals surface area contributed by atoms with Crippen LogP contribution in [0.2, 0.25) is 0 Å². The standard InChI is InChI=1S/C23H30ClN2O8P/c1-4-15-31-23(27)18(2)16-19-7-9-20(10-8-19)34-35(30,25(3)14-6-5-13-24)32-17-21-11-12-22(33-21)26(28)29/h4,7-12,18H,1,5-6,13-17H2,2-3H3. The van der Waals surface area contributed by atoms with Gasteiger partial charge in [0.1, 0.15) is 29.6 Å². The Morgan fingerprint density at radius 1 is 1.29 bits per heavy atom. The van der Waals surface area contributed by atoms with Gasteiger partial charge in [0.25, 0.3) is 0 Å². The third-order valence-corrected chi connectivity index (χ3v) is 7.11. The van der Waals surface area contributed by atoms with Gasteiger partial charge >= 0.3 is 19.6 Å². The smallest absolute Gasteiger partial charge is 0.461 e. The van der Waals surface area contributed by atoms with Crippen LogP contribution in [0.1, 0.15) is 31.1 Å². The van der Waals surface area contributed by atoms with E-state index in [9.17, 15) is 19.5 Å². The number of furan rings is 1. The largest absolute Gasteiger partial charge is 0.461 e. The molecule has 2 atom stereocenters. The Bertz CT molecular complexity index is 1030. The van der Waals surface area contributed by atoms with Crippen LogP contribution in [-0.2, 0) is 31.6 Å². The van der Waals surface area contributed by atoms with Crippen molar-refractivity contribution in [3.63, 3.8) is 0 Å². The maximum absolute atomic E-state index is 13.6. The highest BCUT2D eigenvalue weighted by molar-refractivity contribution is 7.51. The molecule has 2 rings (SSSR count). The number of rotatable bonds is 16. The number of nitro groups is 1. The van der Waals surface area contributed by atoms with Crippen LogP contribution in [0.25, 0.3) is 0 Å². The molecule has 1 heterocycles. The van der Waals surface area contributed by atoms with Crippen LogP contribution in [0.4, 0.5) is 5.88 Å². The van der Waals surface area contributed by atoms with E-state index >= 15 is 0 Å². The number of alkyl halides is 1. The van der Waals surface area contributed by atoms with Gasteiger partial charge in [-0.15, -0.1) is 11.6 Å². The quantitative estimate of drug-likeness (QED) is 0.0509. The first-order valence-electron chi connectivity index (χ1n) is 11.0. The lowest BCUT2D eigenvalue weighted by atomic mass is 10.0. The number of nitrogens with zero attached hydrogens (tertiary/aromatic N) is 2. The molecule has 192 valence electrons. The van der Waals surface area contributed by atoms with Crippen LogP contribution in [0.15, 0.2) is 53.5 Å². The zero-order valence-corrected chi connectivity index (χ0v) is 21.4. The second-order valence-corrected chi connectivity index (χ2v) is 10.2. The third kappa shape index (κ3) is 9.14. The molecule has 0 saturated heterocycles. The zero-order chi connectivity index (χ0) is 25.8. The highest BCUT2D eigenvalue weighted by atomic mass is 35.5. The Hall–Kier alpha value is -2.65. The van der Waals surface area contributed by atoms with Gasteiger partial charge in [-0.3, -0.25) is 19.4 Å². The molecule has 0 amide bonds. The van der Waals surface area contributed by atoms with E-state index in [1.165, 1.54) is 22.9 Å². The summed E-state index contributed by atoms with van der Waals surface area (Å²) >= 11 is 5.74. The van der Waals surface area contributed by atoms with Crippen molar-refractivity contribution in [3.05, 3.63) is 70.5 Å². The van der Waals surface area contributed by atoms with Crippen molar-refractivity contribution in [2.24, 2.45) is 5.92 Å². The highest BCUT2D eigenvalue weighted by Crippen LogP contribution is 2.52. The van der Waals surface area contributed by atoms with Gasteiger partial charge in [-0.2, -0.15) is 0 Å². The lowest BCUT2D eigenvalue weighted by Crippen LogP contribution is -2.21. The number of ether oxygens (including phenoxy) is 1. The van der Waals surface area contributed by atoms with E-state index in [1.54, 1.807) is 38.2 Å². The van der Waals surface area contributed by atoms with E-state index in [0.717, 1.165) is 12.0 Å². The SMILES string of the molecule is C=CCOC(=O)C(C)Cc1ccc(OP(=O)(OCc2ccc([N+](=O)[O-])o2)N(C)CCCCCl)cc1. The van der Waals surface area contributed by atoms with Crippen LogP contribution < -0.4 is 4.52 Å². The minimum absolute atomic E-state index is 0.141. The van der Waals surface area contributed by atoms with Gasteiger partial charge in [0.05, 0.1) is 12.0 Å². The number of unbranched alkanes of at least 4 members (excludes halogenated alkanes) is 1. The van der Waals surface area contributed by atoms with Crippen LogP contribution in [0.3, 0.4) is 0 Å². The molecule has 1 aromatic heterocycles. The van der Waals surface area contributed by atoms with E-state index in [2.05, 4.69) is 6.58 Å². The number of benzene rings is 1. The molecule has 0 bridgehead atoms. The molecule has 0 aliphatic rings. The molecule has 35 heavy (non-hydrogen) atoms. The fraction of sp³-hybridized carbons (Fsp3) is 0.435. The first kappa shape index (κ1) is 28.6. The Kier molecular flexibility index (Phi) is 11.5. The first-order valence-corrected chi connectivity index (χ1v) is 13.0. The summed E-state index contributed by atoms with van der Waals surface area (Å²) in [5, 5.41) is 10.8. The van der Waals surface area contributed by atoms with Crippen LogP contribution in [-0.4, -0.2) is 41.6 Å². The van der Waals surface area contributed by atoms with Gasteiger partial charge in [-0.1, -0.05) is 31.7 Å². The van der Waals surface area contributed by atoms with Crippen molar-refractivity contribution in [1.82, 2.24) is 4.67 Å². The van der Waals surface area contributed by atoms with Crippen LogP contribution in [0, 0.1) is 16.0 Å². The zero-order valence-electron chi connectivity index (χ0n) is 19.8. The average molecular weight is 529 g/mol. The summed E-state index contributed by atoms with van der Waals surface area (Å²) in [6.45, 7) is 5.56. The predicted molar refractivity (Wildman–Crippen MR) is 131 cm³/mol. The number of esters is 1. The predicted octanol–water partition coefficient (Wildman–Crippen LogP) is 5.75. The van der Waals surface area contributed by atoms with Crippen molar-refractivity contribution in [2.45, 2.75) is 32.8 Å². The molecule has 2 unspecified atom stereocenters. The molecule has 12 heteroatoms. The van der Waals surface area contributed by atoms with Gasteiger partial charge in [0.2, 0.25) is 0 Å². The van der Waals surface area contributed by atoms with Crippen LogP contribution in [0.5, 0.6) is 5.75 Å². The fourth-order valence-electron chi connectivity index (χ4n) is 2.98. The molecule has 0 aliphatic carbocycles. The third-order valence-electron chi connectivity index (χ3n) is 4.91. The number of hydrogen-bond donors (Lipinski definition) is 0. The van der Waals surface area contributed by atoms with Crippen molar-refractivity contribution in [3.8, 4) is 5.75 Å². The van der Waals surface area contributed by atoms with Gasteiger partial charge < -0.3 is 13.7 Å². The summed E-state index contributed by atoms with van der Waals surface area (Å²) in [4.78, 5) is 22.1. The van der Waals surface area contributed by atoms with E-state index in [1.807, 2.05) is 0 Å². The topological polar surface area (TPSA) is 121 Å². The summed E-state index contributed by atoms with van der Waals surface area (Å²) in [5.74, 6) is -0.192. The van der Waals surface area contributed by atoms with E-state index < -0.39 is 18.6 Å². The van der Waals surface area contributed by atoms with Crippen molar-refractivity contribution >= 4 is 31.2 Å². The van der Waals surface area contributed by atoms with Crippen molar-refractivity contribution in [1.29, 1.82) is 0 Å². The summed E-state index contributed by atoms with van der Waals surface area (Å²) < 4.78 is 36.6. The van der Waals surface area contributed by atoms with Crippen LogP contribution >= 0.6 is 19.3 Å². The molecule has 1 aromatic carbocycles. The molecule has 10 nitrogen and oxygen atoms in total. The lowest BCUT2D eigenvalue weighted by molar-refractivity contribution is -0.402. The summed E-state index contributed by atoms with van der Waals surface area (Å²) in [6, 6.07) is 9.38. The monoisotopic (exact) mass is 528 g/mol. The minimum Gasteiger partial charge on any atom is -0.461 e. The van der Waals surface area contributed by atoms with Gasteiger partial charge in [0.15, 0.2) is 0 Å². The highest BCUT2D eigenvalue weighted by Gasteiger charge is 2.33. The number of hydrogen-bond acceptors (Lipinski definition) is 8. The van der Waals surface area contributed by atoms with Gasteiger partial charge in [-0.25, -0.2) is 9.24 Å². The van der Waals surface area contributed by atoms with E-state index in [4.69, 9.17) is 29.8 Å². The second-order valence-electron chi connectivity index (χ2n) is 7.78. The molecule has 0 radical (unpaired) electrons. The Morgan fingerprint density at radius 3 is 2.60 bits per heavy atom. The van der Waals surface area contributed by atoms with E-state index in [-0.39, 0.29) is 30.9 Å². The van der Waals surface area contributed by atoms with E-state index in [0.29, 0.717) is 31.0 Å². The summed E-state index contributed by atoms with van der Waals surface area (Å²) in [5.41, 5.74) is 0.870. The first-order chi connectivity index (χ1) is 16.7. The molecule has 0 fully saturated rings. The van der Waals surface area contributed by atoms with Gasteiger partial charge in [0, 0.05) is 12.4 Å². The Balaban J connectivity index is 2.09. The number of halogens is 1. The molecule has 0 saturated carbocycles. The summed E-state index contributed by atoms with van der Waals surface area (Å²) in [6.07, 6.45) is 3.36. The second kappa shape index (κ2) is 14.0. The molecule has 0 N–H and O–H groups in total. The Labute approximate surface area is 209 Å². The number of carbonyl (C=O) groups is 1. The minimum atomic E-state index is -3.85. The maximum Gasteiger partial charge on any atom is 0.461 e. The lowest BCUT2D eigenvalue weighted by Gasteiger charge is -2.27. The average Bonchev–Trinajstić information content (AvgIpc) is 3.32. The number of carbonyl (C=O) groups excluding carboxylic acids is 1. The maximum atomic E-state index is 13.6. The normalized spacial score (nSPS) is 13.7. The fourth-order valence-corrected chi connectivity index (χ4v) is 4.62. The molecular formula is C23H30ClN2O8P. The summed E-state index contributed by atoms with van der Waals surface area (Å²) in [7, 11) is -2.24. The van der Waals surface area contributed by atoms with Crippen molar-refractivity contribution < 1.29 is 32.5 Å². The molecule has 0 spiro atoms. The molecule has 0 aliphatic heterocycles.